The van der Waals surface area contributed by atoms with Gasteiger partial charge >= 0.3 is 6.03 Å². The molecule has 9 nitrogen and oxygen atoms in total. The Bertz CT molecular complexity index is 1150. The van der Waals surface area contributed by atoms with Crippen LogP contribution in [0.2, 0.25) is 0 Å². The summed E-state index contributed by atoms with van der Waals surface area (Å²) in [6.45, 7) is 3.37. The maximum absolute atomic E-state index is 13.5. The monoisotopic (exact) mass is 423 g/mol. The molecule has 0 aliphatic carbocycles. The lowest BCUT2D eigenvalue weighted by atomic mass is 10.1. The third-order valence-corrected chi connectivity index (χ3v) is 5.90. The van der Waals surface area contributed by atoms with Gasteiger partial charge < -0.3 is 4.90 Å². The Labute approximate surface area is 179 Å². The predicted molar refractivity (Wildman–Crippen MR) is 116 cm³/mol. The normalized spacial score (nSPS) is 18.1. The molecule has 2 aromatic heterocycles. The van der Waals surface area contributed by atoms with E-state index >= 15 is 0 Å². The minimum atomic E-state index is -0.733. The number of aryl methyl sites for hydroxylation is 1. The van der Waals surface area contributed by atoms with Crippen LogP contribution in [0.5, 0.6) is 0 Å². The van der Waals surface area contributed by atoms with E-state index < -0.39 is 17.8 Å². The lowest BCUT2D eigenvalue weighted by Gasteiger charge is -2.29. The van der Waals surface area contributed by atoms with Crippen molar-refractivity contribution in [1.82, 2.24) is 19.2 Å². The molecule has 4 rings (SSSR count). The summed E-state index contributed by atoms with van der Waals surface area (Å²) in [4.78, 5) is 59.6. The zero-order chi connectivity index (χ0) is 22.3. The van der Waals surface area contributed by atoms with Gasteiger partial charge in [0.15, 0.2) is 0 Å². The SMILES string of the molecule is Cc1cccn2c(=O)c(C=C3C(=O)N(C)C(=O)N(C)C3=O)c(N3CCCCCC3)nc12. The number of anilines is 1. The topological polar surface area (TPSA) is 95.3 Å². The Morgan fingerprint density at radius 1 is 0.935 bits per heavy atom. The number of nitrogens with zero attached hydrogens (tertiary/aromatic N) is 5. The van der Waals surface area contributed by atoms with Gasteiger partial charge in [-0.15, -0.1) is 0 Å². The molecule has 9 heteroatoms. The van der Waals surface area contributed by atoms with Gasteiger partial charge in [0.1, 0.15) is 17.0 Å². The zero-order valence-electron chi connectivity index (χ0n) is 17.9. The van der Waals surface area contributed by atoms with E-state index in [4.69, 9.17) is 4.98 Å². The molecule has 2 aromatic rings. The van der Waals surface area contributed by atoms with E-state index in [0.29, 0.717) is 11.5 Å². The van der Waals surface area contributed by atoms with Crippen LogP contribution in [-0.2, 0) is 9.59 Å². The molecule has 4 amide bonds. The van der Waals surface area contributed by atoms with Gasteiger partial charge in [-0.05, 0) is 37.5 Å². The van der Waals surface area contributed by atoms with Gasteiger partial charge in [-0.3, -0.25) is 28.6 Å². The molecule has 2 saturated heterocycles. The fraction of sp³-hybridized carbons (Fsp3) is 0.409. The molecule has 31 heavy (non-hydrogen) atoms. The Hall–Kier alpha value is -3.49. The molecular weight excluding hydrogens is 398 g/mol. The summed E-state index contributed by atoms with van der Waals surface area (Å²) in [6, 6.07) is 2.94. The van der Waals surface area contributed by atoms with Crippen LogP contribution in [0.15, 0.2) is 28.7 Å². The van der Waals surface area contributed by atoms with Crippen LogP contribution in [0.3, 0.4) is 0 Å². The van der Waals surface area contributed by atoms with Crippen molar-refractivity contribution >= 4 is 35.4 Å². The second-order valence-electron chi connectivity index (χ2n) is 8.01. The Morgan fingerprint density at radius 2 is 1.55 bits per heavy atom. The first-order valence-electron chi connectivity index (χ1n) is 10.4. The number of amides is 4. The van der Waals surface area contributed by atoms with Crippen LogP contribution in [-0.4, -0.2) is 64.2 Å². The van der Waals surface area contributed by atoms with Gasteiger partial charge in [0, 0.05) is 33.4 Å². The lowest BCUT2D eigenvalue weighted by Crippen LogP contribution is -2.53. The van der Waals surface area contributed by atoms with Crippen LogP contribution in [0.1, 0.15) is 36.8 Å². The lowest BCUT2D eigenvalue weighted by molar-refractivity contribution is -0.134. The summed E-state index contributed by atoms with van der Waals surface area (Å²) in [6.07, 6.45) is 7.08. The maximum atomic E-state index is 13.5. The molecule has 2 fully saturated rings. The van der Waals surface area contributed by atoms with Crippen LogP contribution in [0.25, 0.3) is 11.7 Å². The van der Waals surface area contributed by atoms with Crippen molar-refractivity contribution < 1.29 is 14.4 Å². The molecule has 0 N–H and O–H groups in total. The number of fused-ring (bicyclic) bond motifs is 1. The Kier molecular flexibility index (Phi) is 5.34. The molecule has 0 bridgehead atoms. The molecule has 0 aromatic carbocycles. The summed E-state index contributed by atoms with van der Waals surface area (Å²) in [7, 11) is 2.62. The van der Waals surface area contributed by atoms with E-state index in [-0.39, 0.29) is 16.7 Å². The highest BCUT2D eigenvalue weighted by atomic mass is 16.2. The van der Waals surface area contributed by atoms with Crippen molar-refractivity contribution in [2.24, 2.45) is 0 Å². The number of carbonyl (C=O) groups excluding carboxylic acids is 3. The first-order valence-corrected chi connectivity index (χ1v) is 10.4. The van der Waals surface area contributed by atoms with E-state index in [0.717, 1.165) is 54.1 Å². The number of rotatable bonds is 2. The first-order chi connectivity index (χ1) is 14.8. The average molecular weight is 423 g/mol. The molecule has 2 aliphatic rings. The standard InChI is InChI=1S/C22H25N5O4/c1-14-9-8-12-27-17(14)23-18(26-10-6-4-5-7-11-26)15(21(27)30)13-16-19(28)24(2)22(31)25(3)20(16)29/h8-9,12-13H,4-7,10-11H2,1-3H3. The molecule has 0 atom stereocenters. The average Bonchev–Trinajstić information content (AvgIpc) is 3.05. The predicted octanol–water partition coefficient (Wildman–Crippen LogP) is 1.82. The smallest absolute Gasteiger partial charge is 0.333 e. The van der Waals surface area contributed by atoms with Crippen LogP contribution in [0.4, 0.5) is 10.6 Å². The third-order valence-electron chi connectivity index (χ3n) is 5.90. The molecule has 0 unspecified atom stereocenters. The number of urea groups is 1. The molecular formula is C22H25N5O4. The molecule has 2 aliphatic heterocycles. The fourth-order valence-corrected chi connectivity index (χ4v) is 4.07. The van der Waals surface area contributed by atoms with Gasteiger partial charge in [-0.2, -0.15) is 0 Å². The molecule has 4 heterocycles. The molecule has 0 radical (unpaired) electrons. The maximum Gasteiger partial charge on any atom is 0.333 e. The van der Waals surface area contributed by atoms with E-state index in [9.17, 15) is 19.2 Å². The molecule has 0 spiro atoms. The van der Waals surface area contributed by atoms with Crippen molar-refractivity contribution in [3.05, 3.63) is 45.4 Å². The highest BCUT2D eigenvalue weighted by molar-refractivity contribution is 6.30. The summed E-state index contributed by atoms with van der Waals surface area (Å²) in [5.74, 6) is -0.996. The second kappa shape index (κ2) is 7.98. The summed E-state index contributed by atoms with van der Waals surface area (Å²) < 4.78 is 1.43. The number of hydrogen-bond donors (Lipinski definition) is 0. The Morgan fingerprint density at radius 3 is 2.16 bits per heavy atom. The quantitative estimate of drug-likeness (QED) is 0.540. The van der Waals surface area contributed by atoms with Crippen molar-refractivity contribution in [1.29, 1.82) is 0 Å². The number of barbiturate groups is 1. The number of hydrogen-bond acceptors (Lipinski definition) is 6. The van der Waals surface area contributed by atoms with Gasteiger partial charge in [0.25, 0.3) is 17.4 Å². The minimum absolute atomic E-state index is 0.179. The van der Waals surface area contributed by atoms with E-state index in [2.05, 4.69) is 4.90 Å². The van der Waals surface area contributed by atoms with E-state index in [1.54, 1.807) is 12.3 Å². The first kappa shape index (κ1) is 20.8. The van der Waals surface area contributed by atoms with Gasteiger partial charge in [-0.25, -0.2) is 9.78 Å². The minimum Gasteiger partial charge on any atom is -0.356 e. The van der Waals surface area contributed by atoms with Gasteiger partial charge in [0.05, 0.1) is 5.56 Å². The van der Waals surface area contributed by atoms with Crippen molar-refractivity contribution in [3.8, 4) is 0 Å². The fourth-order valence-electron chi connectivity index (χ4n) is 4.07. The number of imide groups is 2. The van der Waals surface area contributed by atoms with Gasteiger partial charge in [0.2, 0.25) is 0 Å². The second-order valence-corrected chi connectivity index (χ2v) is 8.01. The number of carbonyl (C=O) groups is 3. The summed E-state index contributed by atoms with van der Waals surface area (Å²) in [5.41, 5.74) is 0.984. The number of likely N-dealkylation sites (N-methyl/N-ethyl adjacent to an activating group) is 2. The summed E-state index contributed by atoms with van der Waals surface area (Å²) in [5, 5.41) is 0. The highest BCUT2D eigenvalue weighted by Gasteiger charge is 2.38. The summed E-state index contributed by atoms with van der Waals surface area (Å²) >= 11 is 0. The molecule has 0 saturated carbocycles. The van der Waals surface area contributed by atoms with E-state index in [1.807, 2.05) is 13.0 Å². The number of pyridine rings is 1. The zero-order valence-corrected chi connectivity index (χ0v) is 17.9. The number of aromatic nitrogens is 2. The highest BCUT2D eigenvalue weighted by Crippen LogP contribution is 2.25. The largest absolute Gasteiger partial charge is 0.356 e. The third kappa shape index (κ3) is 3.49. The van der Waals surface area contributed by atoms with Crippen LogP contribution >= 0.6 is 0 Å². The van der Waals surface area contributed by atoms with Crippen molar-refractivity contribution in [2.45, 2.75) is 32.6 Å². The van der Waals surface area contributed by atoms with Crippen LogP contribution < -0.4 is 10.5 Å². The van der Waals surface area contributed by atoms with Gasteiger partial charge in [-0.1, -0.05) is 18.9 Å². The Balaban J connectivity index is 1.97. The van der Waals surface area contributed by atoms with Crippen molar-refractivity contribution in [2.75, 3.05) is 32.1 Å². The van der Waals surface area contributed by atoms with Crippen molar-refractivity contribution in [3.63, 3.8) is 0 Å². The van der Waals surface area contributed by atoms with Crippen LogP contribution in [0, 0.1) is 6.92 Å². The molecule has 162 valence electrons. The van der Waals surface area contributed by atoms with E-state index in [1.165, 1.54) is 24.6 Å².